The SMILES string of the molecule is CC(C)CN1CC(OCc2ccccc2F)CN(C(=O)C2=NN(C)C(=O)CC2)CC1=O. The number of nitrogens with zero attached hydrogens (tertiary/aromatic N) is 4. The summed E-state index contributed by atoms with van der Waals surface area (Å²) in [5.74, 6) is -0.805. The lowest BCUT2D eigenvalue weighted by atomic mass is 10.1. The fraction of sp³-hybridized carbons (Fsp3) is 0.545. The summed E-state index contributed by atoms with van der Waals surface area (Å²) >= 11 is 0. The zero-order valence-electron chi connectivity index (χ0n) is 18.2. The zero-order chi connectivity index (χ0) is 22.5. The van der Waals surface area contributed by atoms with E-state index in [0.29, 0.717) is 18.7 Å². The van der Waals surface area contributed by atoms with Gasteiger partial charge in [-0.05, 0) is 12.0 Å². The van der Waals surface area contributed by atoms with Gasteiger partial charge in [0.25, 0.3) is 5.91 Å². The van der Waals surface area contributed by atoms with Crippen molar-refractivity contribution in [1.82, 2.24) is 14.8 Å². The molecule has 0 saturated carbocycles. The lowest BCUT2D eigenvalue weighted by molar-refractivity contribution is -0.136. The van der Waals surface area contributed by atoms with Crippen molar-refractivity contribution >= 4 is 23.4 Å². The van der Waals surface area contributed by atoms with E-state index in [2.05, 4.69) is 5.10 Å². The van der Waals surface area contributed by atoms with Gasteiger partial charge in [-0.1, -0.05) is 32.0 Å². The first-order valence-corrected chi connectivity index (χ1v) is 10.5. The highest BCUT2D eigenvalue weighted by atomic mass is 19.1. The van der Waals surface area contributed by atoms with Crippen LogP contribution in [-0.2, 0) is 25.7 Å². The summed E-state index contributed by atoms with van der Waals surface area (Å²) in [6, 6.07) is 6.36. The molecule has 1 fully saturated rings. The Hall–Kier alpha value is -2.81. The first kappa shape index (κ1) is 22.9. The van der Waals surface area contributed by atoms with Gasteiger partial charge in [0, 0.05) is 45.1 Å². The minimum atomic E-state index is -0.475. The van der Waals surface area contributed by atoms with Crippen LogP contribution < -0.4 is 0 Å². The third kappa shape index (κ3) is 5.88. The van der Waals surface area contributed by atoms with Gasteiger partial charge in [0.15, 0.2) is 0 Å². The molecule has 1 aromatic carbocycles. The molecule has 0 aliphatic carbocycles. The molecule has 1 atom stereocenters. The number of carbonyl (C=O) groups excluding carboxylic acids is 3. The molecule has 1 saturated heterocycles. The molecule has 3 amide bonds. The first-order valence-electron chi connectivity index (χ1n) is 10.5. The number of halogens is 1. The molecule has 3 rings (SSSR count). The molecular formula is C22H29FN4O4. The van der Waals surface area contributed by atoms with Crippen molar-refractivity contribution in [3.63, 3.8) is 0 Å². The average Bonchev–Trinajstić information content (AvgIpc) is 2.87. The predicted octanol–water partition coefficient (Wildman–Crippen LogP) is 1.65. The van der Waals surface area contributed by atoms with E-state index >= 15 is 0 Å². The number of rotatable bonds is 6. The molecule has 8 nitrogen and oxygen atoms in total. The van der Waals surface area contributed by atoms with Crippen molar-refractivity contribution in [3.05, 3.63) is 35.6 Å². The Morgan fingerprint density at radius 3 is 2.61 bits per heavy atom. The second-order valence-electron chi connectivity index (χ2n) is 8.37. The molecule has 1 unspecified atom stereocenters. The fourth-order valence-electron chi connectivity index (χ4n) is 3.69. The van der Waals surface area contributed by atoms with Crippen molar-refractivity contribution in [2.45, 2.75) is 39.4 Å². The Balaban J connectivity index is 1.77. The maximum Gasteiger partial charge on any atom is 0.270 e. The largest absolute Gasteiger partial charge is 0.370 e. The number of amides is 3. The van der Waals surface area contributed by atoms with Crippen LogP contribution in [0.4, 0.5) is 4.39 Å². The van der Waals surface area contributed by atoms with E-state index in [1.165, 1.54) is 18.0 Å². The highest BCUT2D eigenvalue weighted by Gasteiger charge is 2.34. The number of hydrazone groups is 1. The predicted molar refractivity (Wildman–Crippen MR) is 112 cm³/mol. The summed E-state index contributed by atoms with van der Waals surface area (Å²) < 4.78 is 20.0. The third-order valence-corrected chi connectivity index (χ3v) is 5.29. The van der Waals surface area contributed by atoms with Gasteiger partial charge in [0.2, 0.25) is 11.8 Å². The molecule has 0 bridgehead atoms. The minimum Gasteiger partial charge on any atom is -0.370 e. The maximum atomic E-state index is 14.0. The van der Waals surface area contributed by atoms with E-state index in [9.17, 15) is 18.8 Å². The molecular weight excluding hydrogens is 403 g/mol. The van der Waals surface area contributed by atoms with Gasteiger partial charge in [-0.3, -0.25) is 14.4 Å². The van der Waals surface area contributed by atoms with Gasteiger partial charge in [-0.15, -0.1) is 0 Å². The van der Waals surface area contributed by atoms with Crippen LogP contribution in [0.25, 0.3) is 0 Å². The Labute approximate surface area is 181 Å². The number of benzene rings is 1. The summed E-state index contributed by atoms with van der Waals surface area (Å²) in [6.07, 6.45) is -0.0316. The molecule has 2 aliphatic rings. The summed E-state index contributed by atoms with van der Waals surface area (Å²) in [4.78, 5) is 40.7. The third-order valence-electron chi connectivity index (χ3n) is 5.29. The Morgan fingerprint density at radius 1 is 1.19 bits per heavy atom. The Kier molecular flexibility index (Phi) is 7.37. The number of hydrogen-bond acceptors (Lipinski definition) is 5. The summed E-state index contributed by atoms with van der Waals surface area (Å²) in [5, 5.41) is 5.25. The second kappa shape index (κ2) is 10.00. The number of hydrogen-bond donors (Lipinski definition) is 0. The Morgan fingerprint density at radius 2 is 1.94 bits per heavy atom. The zero-order valence-corrected chi connectivity index (χ0v) is 18.2. The molecule has 0 radical (unpaired) electrons. The van der Waals surface area contributed by atoms with E-state index in [0.717, 1.165) is 5.01 Å². The standard InChI is InChI=1S/C22H29FN4O4/c1-15(2)10-26-11-17(31-14-16-6-4-5-7-18(16)23)12-27(13-21(26)29)22(30)19-8-9-20(28)25(3)24-19/h4-7,15,17H,8-14H2,1-3H3. The molecule has 0 spiro atoms. The van der Waals surface area contributed by atoms with Crippen LogP contribution in [0, 0.1) is 11.7 Å². The van der Waals surface area contributed by atoms with Crippen LogP contribution in [0.1, 0.15) is 32.3 Å². The maximum absolute atomic E-state index is 14.0. The number of carbonyl (C=O) groups is 3. The Bertz CT molecular complexity index is 873. The quantitative estimate of drug-likeness (QED) is 0.684. The summed E-state index contributed by atoms with van der Waals surface area (Å²) in [5.41, 5.74) is 0.670. The highest BCUT2D eigenvalue weighted by molar-refractivity contribution is 6.39. The first-order chi connectivity index (χ1) is 14.7. The normalized spacial score (nSPS) is 20.2. The van der Waals surface area contributed by atoms with Crippen LogP contribution >= 0.6 is 0 Å². The molecule has 1 aromatic rings. The summed E-state index contributed by atoms with van der Waals surface area (Å²) in [6.45, 7) is 5.03. The van der Waals surface area contributed by atoms with E-state index in [-0.39, 0.29) is 67.7 Å². The highest BCUT2D eigenvalue weighted by Crippen LogP contribution is 2.16. The molecule has 9 heteroatoms. The van der Waals surface area contributed by atoms with Crippen molar-refractivity contribution < 1.29 is 23.5 Å². The monoisotopic (exact) mass is 432 g/mol. The van der Waals surface area contributed by atoms with Crippen LogP contribution in [0.5, 0.6) is 0 Å². The van der Waals surface area contributed by atoms with Crippen molar-refractivity contribution in [1.29, 1.82) is 0 Å². The van der Waals surface area contributed by atoms with Gasteiger partial charge in [-0.2, -0.15) is 5.10 Å². The van der Waals surface area contributed by atoms with Crippen LogP contribution in [0.15, 0.2) is 29.4 Å². The van der Waals surface area contributed by atoms with Crippen molar-refractivity contribution in [2.75, 3.05) is 33.2 Å². The van der Waals surface area contributed by atoms with Crippen molar-refractivity contribution in [2.24, 2.45) is 11.0 Å². The van der Waals surface area contributed by atoms with Crippen LogP contribution in [-0.4, -0.2) is 77.6 Å². The van der Waals surface area contributed by atoms with Gasteiger partial charge >= 0.3 is 0 Å². The van der Waals surface area contributed by atoms with E-state index in [4.69, 9.17) is 4.74 Å². The fourth-order valence-corrected chi connectivity index (χ4v) is 3.69. The molecule has 168 valence electrons. The van der Waals surface area contributed by atoms with E-state index in [1.54, 1.807) is 23.1 Å². The topological polar surface area (TPSA) is 82.5 Å². The molecule has 0 aromatic heterocycles. The van der Waals surface area contributed by atoms with E-state index in [1.807, 2.05) is 13.8 Å². The minimum absolute atomic E-state index is 0.0429. The van der Waals surface area contributed by atoms with Gasteiger partial charge < -0.3 is 14.5 Å². The average molecular weight is 432 g/mol. The van der Waals surface area contributed by atoms with Crippen molar-refractivity contribution in [3.8, 4) is 0 Å². The lowest BCUT2D eigenvalue weighted by Gasteiger charge is -2.26. The van der Waals surface area contributed by atoms with Crippen LogP contribution in [0.2, 0.25) is 0 Å². The van der Waals surface area contributed by atoms with Gasteiger partial charge in [-0.25, -0.2) is 9.40 Å². The molecule has 0 N–H and O–H groups in total. The smallest absolute Gasteiger partial charge is 0.270 e. The van der Waals surface area contributed by atoms with Crippen LogP contribution in [0.3, 0.4) is 0 Å². The molecule has 2 heterocycles. The summed E-state index contributed by atoms with van der Waals surface area (Å²) in [7, 11) is 1.51. The molecule has 31 heavy (non-hydrogen) atoms. The lowest BCUT2D eigenvalue weighted by Crippen LogP contribution is -2.45. The van der Waals surface area contributed by atoms with Gasteiger partial charge in [0.05, 0.1) is 12.7 Å². The van der Waals surface area contributed by atoms with E-state index < -0.39 is 6.10 Å². The van der Waals surface area contributed by atoms with Gasteiger partial charge in [0.1, 0.15) is 18.1 Å². The number of ether oxygens (including phenoxy) is 1. The molecule has 2 aliphatic heterocycles. The second-order valence-corrected chi connectivity index (χ2v) is 8.37.